The van der Waals surface area contributed by atoms with E-state index in [0.717, 1.165) is 25.1 Å². The van der Waals surface area contributed by atoms with Crippen LogP contribution in [0.4, 0.5) is 0 Å². The molecule has 1 fully saturated rings. The quantitative estimate of drug-likeness (QED) is 0.717. The summed E-state index contributed by atoms with van der Waals surface area (Å²) in [6.45, 7) is 6.63. The van der Waals surface area contributed by atoms with Crippen LogP contribution < -0.4 is 10.1 Å². The molecule has 0 radical (unpaired) electrons. The molecule has 1 aromatic rings. The van der Waals surface area contributed by atoms with Crippen LogP contribution in [-0.4, -0.2) is 54.8 Å². The summed E-state index contributed by atoms with van der Waals surface area (Å²) >= 11 is 0. The lowest BCUT2D eigenvalue weighted by atomic mass is 10.0. The van der Waals surface area contributed by atoms with Gasteiger partial charge < -0.3 is 15.2 Å². The molecule has 1 heterocycles. The van der Waals surface area contributed by atoms with Gasteiger partial charge in [0.15, 0.2) is 0 Å². The van der Waals surface area contributed by atoms with Gasteiger partial charge in [0.05, 0.1) is 19.7 Å². The van der Waals surface area contributed by atoms with Crippen LogP contribution in [0, 0.1) is 0 Å². The monoisotopic (exact) mass is 320 g/mol. The lowest BCUT2D eigenvalue weighted by Crippen LogP contribution is -2.42. The number of aliphatic hydroxyl groups excluding tert-OH is 1. The van der Waals surface area contributed by atoms with Gasteiger partial charge in [0.1, 0.15) is 12.4 Å². The molecule has 1 amide bonds. The standard InChI is InChI=1S/C18H28N2O3/c1-14(2)15-5-7-17(8-6-15)23-11-9-19-18(22)12-20-10-3-4-16(20)13-21/h5-8,14,16,21H,3-4,9-13H2,1-2H3,(H,19,22)/t16-/m1/s1. The number of hydrogen-bond acceptors (Lipinski definition) is 4. The number of likely N-dealkylation sites (tertiary alicyclic amines) is 1. The Morgan fingerprint density at radius 3 is 2.78 bits per heavy atom. The summed E-state index contributed by atoms with van der Waals surface area (Å²) in [5.74, 6) is 1.32. The fraction of sp³-hybridized carbons (Fsp3) is 0.611. The summed E-state index contributed by atoms with van der Waals surface area (Å²) in [5.41, 5.74) is 1.29. The number of hydrogen-bond donors (Lipinski definition) is 2. The summed E-state index contributed by atoms with van der Waals surface area (Å²) in [6.07, 6.45) is 2.02. The third-order valence-corrected chi connectivity index (χ3v) is 4.30. The van der Waals surface area contributed by atoms with Crippen molar-refractivity contribution in [1.82, 2.24) is 10.2 Å². The molecule has 5 heteroatoms. The zero-order valence-corrected chi connectivity index (χ0v) is 14.1. The normalized spacial score (nSPS) is 18.3. The Hall–Kier alpha value is -1.59. The molecule has 1 aromatic carbocycles. The van der Waals surface area contributed by atoms with Crippen molar-refractivity contribution in [2.24, 2.45) is 0 Å². The minimum Gasteiger partial charge on any atom is -0.492 e. The molecule has 5 nitrogen and oxygen atoms in total. The Balaban J connectivity index is 1.64. The van der Waals surface area contributed by atoms with Gasteiger partial charge in [0, 0.05) is 6.04 Å². The second kappa shape index (κ2) is 8.89. The molecular weight excluding hydrogens is 292 g/mol. The van der Waals surface area contributed by atoms with E-state index in [0.29, 0.717) is 25.6 Å². The fourth-order valence-corrected chi connectivity index (χ4v) is 2.86. The highest BCUT2D eigenvalue weighted by Gasteiger charge is 2.25. The highest BCUT2D eigenvalue weighted by atomic mass is 16.5. The first kappa shape index (κ1) is 17.8. The lowest BCUT2D eigenvalue weighted by molar-refractivity contribution is -0.122. The minimum absolute atomic E-state index is 0.0101. The van der Waals surface area contributed by atoms with E-state index in [-0.39, 0.29) is 18.6 Å². The van der Waals surface area contributed by atoms with Gasteiger partial charge in [-0.1, -0.05) is 26.0 Å². The molecule has 128 valence electrons. The van der Waals surface area contributed by atoms with Crippen molar-refractivity contribution in [1.29, 1.82) is 0 Å². The van der Waals surface area contributed by atoms with Crippen molar-refractivity contribution in [3.05, 3.63) is 29.8 Å². The van der Waals surface area contributed by atoms with Gasteiger partial charge in [-0.05, 0) is 43.0 Å². The highest BCUT2D eigenvalue weighted by molar-refractivity contribution is 5.78. The van der Waals surface area contributed by atoms with Gasteiger partial charge in [-0.3, -0.25) is 9.69 Å². The van der Waals surface area contributed by atoms with Crippen LogP contribution in [0.5, 0.6) is 5.75 Å². The largest absolute Gasteiger partial charge is 0.492 e. The second-order valence-electron chi connectivity index (χ2n) is 6.37. The molecule has 1 atom stereocenters. The summed E-state index contributed by atoms with van der Waals surface area (Å²) in [4.78, 5) is 13.9. The zero-order chi connectivity index (χ0) is 16.7. The van der Waals surface area contributed by atoms with Crippen LogP contribution in [0.1, 0.15) is 38.2 Å². The molecule has 0 unspecified atom stereocenters. The Kier molecular flexibility index (Phi) is 6.86. The van der Waals surface area contributed by atoms with Gasteiger partial charge in [-0.2, -0.15) is 0 Å². The van der Waals surface area contributed by atoms with Crippen molar-refractivity contribution < 1.29 is 14.6 Å². The predicted molar refractivity (Wildman–Crippen MR) is 90.7 cm³/mol. The Morgan fingerprint density at radius 2 is 2.13 bits per heavy atom. The smallest absolute Gasteiger partial charge is 0.234 e. The zero-order valence-electron chi connectivity index (χ0n) is 14.1. The van der Waals surface area contributed by atoms with Crippen LogP contribution in [0.15, 0.2) is 24.3 Å². The maximum absolute atomic E-state index is 11.9. The first-order chi connectivity index (χ1) is 11.1. The summed E-state index contributed by atoms with van der Waals surface area (Å²) in [5, 5.41) is 12.1. The molecule has 0 aliphatic carbocycles. The van der Waals surface area contributed by atoms with Crippen molar-refractivity contribution in [3.63, 3.8) is 0 Å². The van der Waals surface area contributed by atoms with E-state index < -0.39 is 0 Å². The Morgan fingerprint density at radius 1 is 1.39 bits per heavy atom. The molecular formula is C18H28N2O3. The molecule has 0 aromatic heterocycles. The summed E-state index contributed by atoms with van der Waals surface area (Å²) in [7, 11) is 0. The molecule has 1 saturated heterocycles. The van der Waals surface area contributed by atoms with Gasteiger partial charge >= 0.3 is 0 Å². The van der Waals surface area contributed by atoms with Crippen LogP contribution in [0.2, 0.25) is 0 Å². The number of aliphatic hydroxyl groups is 1. The number of rotatable bonds is 8. The van der Waals surface area contributed by atoms with Crippen LogP contribution in [0.25, 0.3) is 0 Å². The number of nitrogens with zero attached hydrogens (tertiary/aromatic N) is 1. The van der Waals surface area contributed by atoms with Crippen molar-refractivity contribution in [3.8, 4) is 5.75 Å². The van der Waals surface area contributed by atoms with Crippen molar-refractivity contribution >= 4 is 5.91 Å². The fourth-order valence-electron chi connectivity index (χ4n) is 2.86. The van der Waals surface area contributed by atoms with E-state index in [1.807, 2.05) is 17.0 Å². The molecule has 2 N–H and O–H groups in total. The van der Waals surface area contributed by atoms with Crippen LogP contribution in [-0.2, 0) is 4.79 Å². The van der Waals surface area contributed by atoms with Crippen molar-refractivity contribution in [2.45, 2.75) is 38.6 Å². The number of nitrogens with one attached hydrogen (secondary N) is 1. The van der Waals surface area contributed by atoms with E-state index in [2.05, 4.69) is 31.3 Å². The Bertz CT molecular complexity index is 488. The van der Waals surface area contributed by atoms with E-state index in [1.54, 1.807) is 0 Å². The number of ether oxygens (including phenoxy) is 1. The first-order valence-electron chi connectivity index (χ1n) is 8.44. The van der Waals surface area contributed by atoms with E-state index >= 15 is 0 Å². The molecule has 0 saturated carbocycles. The molecule has 1 aliphatic heterocycles. The Labute approximate surface area is 138 Å². The molecule has 0 bridgehead atoms. The number of carbonyl (C=O) groups excluding carboxylic acids is 1. The third kappa shape index (κ3) is 5.52. The topological polar surface area (TPSA) is 61.8 Å². The number of benzene rings is 1. The predicted octanol–water partition coefficient (Wildman–Crippen LogP) is 1.76. The minimum atomic E-state index is -0.0101. The van der Waals surface area contributed by atoms with Crippen LogP contribution >= 0.6 is 0 Å². The highest BCUT2D eigenvalue weighted by Crippen LogP contribution is 2.18. The van der Waals surface area contributed by atoms with E-state index in [9.17, 15) is 9.90 Å². The second-order valence-corrected chi connectivity index (χ2v) is 6.37. The summed E-state index contributed by atoms with van der Waals surface area (Å²) in [6, 6.07) is 8.21. The number of carbonyl (C=O) groups is 1. The average molecular weight is 320 g/mol. The average Bonchev–Trinajstić information content (AvgIpc) is 2.99. The lowest BCUT2D eigenvalue weighted by Gasteiger charge is -2.21. The maximum atomic E-state index is 11.9. The maximum Gasteiger partial charge on any atom is 0.234 e. The third-order valence-electron chi connectivity index (χ3n) is 4.30. The van der Waals surface area contributed by atoms with Gasteiger partial charge in [-0.15, -0.1) is 0 Å². The SMILES string of the molecule is CC(C)c1ccc(OCCNC(=O)CN2CCC[C@@H]2CO)cc1. The van der Waals surface area contributed by atoms with E-state index in [4.69, 9.17) is 4.74 Å². The first-order valence-corrected chi connectivity index (χ1v) is 8.44. The van der Waals surface area contributed by atoms with Gasteiger partial charge in [-0.25, -0.2) is 0 Å². The number of amides is 1. The van der Waals surface area contributed by atoms with Gasteiger partial charge in [0.25, 0.3) is 0 Å². The molecule has 1 aliphatic rings. The molecule has 2 rings (SSSR count). The van der Waals surface area contributed by atoms with Crippen molar-refractivity contribution in [2.75, 3.05) is 32.8 Å². The van der Waals surface area contributed by atoms with E-state index in [1.165, 1.54) is 5.56 Å². The van der Waals surface area contributed by atoms with Crippen LogP contribution in [0.3, 0.4) is 0 Å². The molecule has 23 heavy (non-hydrogen) atoms. The molecule has 0 spiro atoms. The van der Waals surface area contributed by atoms with Gasteiger partial charge in [0.2, 0.25) is 5.91 Å². The summed E-state index contributed by atoms with van der Waals surface area (Å²) < 4.78 is 5.64.